The largest absolute Gasteiger partial charge is 0.311 e. The van der Waals surface area contributed by atoms with Gasteiger partial charge in [-0.05, 0) is 32.2 Å². The number of nitrogens with zero attached hydrogens (tertiary/aromatic N) is 1. The summed E-state index contributed by atoms with van der Waals surface area (Å²) in [7, 11) is 0. The van der Waals surface area contributed by atoms with Gasteiger partial charge in [0.2, 0.25) is 0 Å². The number of aryl methyl sites for hydroxylation is 1. The zero-order valence-electron chi connectivity index (χ0n) is 8.75. The molecule has 3 heteroatoms. The molecule has 2 nitrogen and oxygen atoms in total. The zero-order chi connectivity index (χ0) is 9.80. The van der Waals surface area contributed by atoms with Crippen LogP contribution in [0.25, 0.3) is 0 Å². The van der Waals surface area contributed by atoms with Crippen molar-refractivity contribution < 1.29 is 0 Å². The average Bonchev–Trinajstić information content (AvgIpc) is 2.89. The lowest BCUT2D eigenvalue weighted by molar-refractivity contribution is 0.590. The Morgan fingerprint density at radius 2 is 2.43 bits per heavy atom. The molecule has 1 aliphatic rings. The third kappa shape index (κ3) is 3.39. The summed E-state index contributed by atoms with van der Waals surface area (Å²) in [4.78, 5) is 4.41. The van der Waals surface area contributed by atoms with Crippen molar-refractivity contribution in [3.05, 3.63) is 16.1 Å². The van der Waals surface area contributed by atoms with Gasteiger partial charge in [0.15, 0.2) is 0 Å². The van der Waals surface area contributed by atoms with E-state index in [1.165, 1.54) is 36.4 Å². The number of aromatic nitrogens is 1. The topological polar surface area (TPSA) is 24.9 Å². The quantitative estimate of drug-likeness (QED) is 0.730. The second kappa shape index (κ2) is 4.89. The minimum Gasteiger partial charge on any atom is -0.311 e. The van der Waals surface area contributed by atoms with Crippen LogP contribution < -0.4 is 5.32 Å². The highest BCUT2D eigenvalue weighted by Gasteiger charge is 2.19. The first kappa shape index (κ1) is 10.1. The van der Waals surface area contributed by atoms with E-state index in [-0.39, 0.29) is 0 Å². The van der Waals surface area contributed by atoms with Crippen LogP contribution in [-0.2, 0) is 6.54 Å². The molecule has 0 amide bonds. The van der Waals surface area contributed by atoms with Gasteiger partial charge in [-0.3, -0.25) is 0 Å². The maximum Gasteiger partial charge on any atom is 0.0897 e. The van der Waals surface area contributed by atoms with Crippen molar-refractivity contribution in [3.63, 3.8) is 0 Å². The second-order valence-corrected chi connectivity index (χ2v) is 5.18. The van der Waals surface area contributed by atoms with E-state index >= 15 is 0 Å². The molecule has 0 spiro atoms. The third-order valence-corrected chi connectivity index (χ3v) is 3.46. The third-order valence-electron chi connectivity index (χ3n) is 2.64. The van der Waals surface area contributed by atoms with Crippen molar-refractivity contribution in [1.29, 1.82) is 0 Å². The Labute approximate surface area is 89.8 Å². The Hall–Kier alpha value is -0.410. The van der Waals surface area contributed by atoms with E-state index in [0.29, 0.717) is 0 Å². The number of rotatable bonds is 6. The minimum absolute atomic E-state index is 0.939. The van der Waals surface area contributed by atoms with Gasteiger partial charge in [-0.25, -0.2) is 4.98 Å². The summed E-state index contributed by atoms with van der Waals surface area (Å²) >= 11 is 1.73. The van der Waals surface area contributed by atoms with Crippen LogP contribution >= 0.6 is 11.3 Å². The molecular weight excluding hydrogens is 192 g/mol. The molecule has 0 saturated heterocycles. The van der Waals surface area contributed by atoms with Crippen LogP contribution in [0.1, 0.15) is 36.4 Å². The van der Waals surface area contributed by atoms with Crippen molar-refractivity contribution in [3.8, 4) is 0 Å². The Balaban J connectivity index is 1.53. The van der Waals surface area contributed by atoms with Crippen LogP contribution in [0.15, 0.2) is 5.38 Å². The van der Waals surface area contributed by atoms with Gasteiger partial charge in [0, 0.05) is 11.9 Å². The summed E-state index contributed by atoms with van der Waals surface area (Å²) < 4.78 is 0. The van der Waals surface area contributed by atoms with Crippen molar-refractivity contribution in [2.45, 2.75) is 39.2 Å². The van der Waals surface area contributed by atoms with Gasteiger partial charge in [0.1, 0.15) is 0 Å². The number of nitrogens with one attached hydrogen (secondary N) is 1. The molecule has 1 fully saturated rings. The minimum atomic E-state index is 0.939. The molecule has 1 N–H and O–H groups in total. The molecule has 0 unspecified atom stereocenters. The molecule has 1 aliphatic carbocycles. The molecule has 0 radical (unpaired) electrons. The molecule has 0 aliphatic heterocycles. The standard InChI is InChI=1S/C11H18N2S/c1-9-13-11(8-14-9)7-12-6-2-3-10-4-5-10/h8,10,12H,2-7H2,1H3. The van der Waals surface area contributed by atoms with Gasteiger partial charge in [0.05, 0.1) is 10.7 Å². The molecule has 0 bridgehead atoms. The lowest BCUT2D eigenvalue weighted by Gasteiger charge is -2.01. The van der Waals surface area contributed by atoms with Crippen molar-refractivity contribution in [2.75, 3.05) is 6.54 Å². The first-order valence-electron chi connectivity index (χ1n) is 5.46. The van der Waals surface area contributed by atoms with Gasteiger partial charge >= 0.3 is 0 Å². The van der Waals surface area contributed by atoms with Gasteiger partial charge in [-0.2, -0.15) is 0 Å². The molecule has 78 valence electrons. The van der Waals surface area contributed by atoms with Crippen LogP contribution in [0, 0.1) is 12.8 Å². The predicted octanol–water partition coefficient (Wildman–Crippen LogP) is 2.73. The van der Waals surface area contributed by atoms with Crippen LogP contribution in [-0.4, -0.2) is 11.5 Å². The SMILES string of the molecule is Cc1nc(CNCCCC2CC2)cs1. The van der Waals surface area contributed by atoms with Crippen molar-refractivity contribution in [1.82, 2.24) is 10.3 Å². The first-order chi connectivity index (χ1) is 6.84. The molecular formula is C11H18N2S. The monoisotopic (exact) mass is 210 g/mol. The zero-order valence-corrected chi connectivity index (χ0v) is 9.57. The fourth-order valence-electron chi connectivity index (χ4n) is 1.63. The van der Waals surface area contributed by atoms with Gasteiger partial charge in [-0.1, -0.05) is 12.8 Å². The first-order valence-corrected chi connectivity index (χ1v) is 6.34. The van der Waals surface area contributed by atoms with E-state index in [4.69, 9.17) is 0 Å². The number of hydrogen-bond acceptors (Lipinski definition) is 3. The summed E-state index contributed by atoms with van der Waals surface area (Å²) in [6, 6.07) is 0. The second-order valence-electron chi connectivity index (χ2n) is 4.12. The van der Waals surface area contributed by atoms with E-state index in [0.717, 1.165) is 19.0 Å². The number of hydrogen-bond donors (Lipinski definition) is 1. The van der Waals surface area contributed by atoms with Gasteiger partial charge < -0.3 is 5.32 Å². The Morgan fingerprint density at radius 3 is 3.07 bits per heavy atom. The highest BCUT2D eigenvalue weighted by atomic mass is 32.1. The normalized spacial score (nSPS) is 16.1. The molecule has 1 heterocycles. The molecule has 0 aromatic carbocycles. The Morgan fingerprint density at radius 1 is 1.57 bits per heavy atom. The Kier molecular flexibility index (Phi) is 3.54. The summed E-state index contributed by atoms with van der Waals surface area (Å²) in [5.74, 6) is 1.07. The molecule has 2 rings (SSSR count). The van der Waals surface area contributed by atoms with Crippen LogP contribution in [0.2, 0.25) is 0 Å². The highest BCUT2D eigenvalue weighted by molar-refractivity contribution is 7.09. The molecule has 1 saturated carbocycles. The van der Waals surface area contributed by atoms with Crippen LogP contribution in [0.5, 0.6) is 0 Å². The maximum absolute atomic E-state index is 4.41. The summed E-state index contributed by atoms with van der Waals surface area (Å²) in [6.45, 7) is 4.14. The van der Waals surface area contributed by atoms with E-state index in [9.17, 15) is 0 Å². The maximum atomic E-state index is 4.41. The van der Waals surface area contributed by atoms with E-state index in [1.54, 1.807) is 11.3 Å². The van der Waals surface area contributed by atoms with E-state index < -0.39 is 0 Å². The highest BCUT2D eigenvalue weighted by Crippen LogP contribution is 2.33. The number of thiazole rings is 1. The van der Waals surface area contributed by atoms with Crippen LogP contribution in [0.3, 0.4) is 0 Å². The van der Waals surface area contributed by atoms with Gasteiger partial charge in [-0.15, -0.1) is 11.3 Å². The van der Waals surface area contributed by atoms with Gasteiger partial charge in [0.25, 0.3) is 0 Å². The van der Waals surface area contributed by atoms with E-state index in [2.05, 4.69) is 22.6 Å². The van der Waals surface area contributed by atoms with E-state index in [1.807, 2.05) is 0 Å². The molecule has 1 aromatic heterocycles. The molecule has 1 aromatic rings. The van der Waals surface area contributed by atoms with Crippen LogP contribution in [0.4, 0.5) is 0 Å². The lowest BCUT2D eigenvalue weighted by Crippen LogP contribution is -2.14. The Bertz CT molecular complexity index is 279. The molecule has 0 atom stereocenters. The summed E-state index contributed by atoms with van der Waals surface area (Å²) in [5, 5.41) is 6.75. The molecule has 14 heavy (non-hydrogen) atoms. The van der Waals surface area contributed by atoms with Crippen molar-refractivity contribution in [2.24, 2.45) is 5.92 Å². The average molecular weight is 210 g/mol. The summed E-state index contributed by atoms with van der Waals surface area (Å²) in [6.07, 6.45) is 5.70. The van der Waals surface area contributed by atoms with Crippen molar-refractivity contribution >= 4 is 11.3 Å². The smallest absolute Gasteiger partial charge is 0.0897 e. The fourth-order valence-corrected chi connectivity index (χ4v) is 2.24. The lowest BCUT2D eigenvalue weighted by atomic mass is 10.2. The summed E-state index contributed by atoms with van der Waals surface area (Å²) in [5.41, 5.74) is 1.19. The predicted molar refractivity (Wildman–Crippen MR) is 60.5 cm³/mol. The fraction of sp³-hybridized carbons (Fsp3) is 0.727.